The molecule has 1 N–H and O–H groups in total. The van der Waals surface area contributed by atoms with Crippen molar-refractivity contribution in [1.29, 1.82) is 0 Å². The van der Waals surface area contributed by atoms with Crippen LogP contribution >= 0.6 is 11.3 Å². The van der Waals surface area contributed by atoms with E-state index in [0.29, 0.717) is 31.0 Å². The van der Waals surface area contributed by atoms with E-state index in [1.54, 1.807) is 17.5 Å². The van der Waals surface area contributed by atoms with E-state index >= 15 is 0 Å². The standard InChI is InChI=1S/C29H30N6O2S/c1-20-5-4-6-21(15-20)16-27(37)32-26-9-8-24(19-31-26)35-13-10-22(11-14-35)29-34-33-28(38-29)18-25(36)17-23-7-2-3-12-30-23/h2-9,12,15,19,22H,10-11,13-14,16-18H2,1H3,(H,31,32,37). The zero-order valence-electron chi connectivity index (χ0n) is 21.3. The highest BCUT2D eigenvalue weighted by atomic mass is 32.1. The SMILES string of the molecule is Cc1cccc(CC(=O)Nc2ccc(N3CCC(c4nnc(CC(=O)Cc5ccccn5)s4)CC3)cn2)c1. The minimum Gasteiger partial charge on any atom is -0.370 e. The van der Waals surface area contributed by atoms with Gasteiger partial charge in [0.2, 0.25) is 5.91 Å². The average Bonchev–Trinajstić information content (AvgIpc) is 3.38. The molecule has 0 bridgehead atoms. The van der Waals surface area contributed by atoms with Crippen LogP contribution in [0.1, 0.15) is 45.6 Å². The Morgan fingerprint density at radius 3 is 2.58 bits per heavy atom. The summed E-state index contributed by atoms with van der Waals surface area (Å²) in [6.45, 7) is 3.79. The Balaban J connectivity index is 1.09. The van der Waals surface area contributed by atoms with E-state index in [2.05, 4.69) is 30.4 Å². The van der Waals surface area contributed by atoms with Crippen LogP contribution < -0.4 is 10.2 Å². The van der Waals surface area contributed by atoms with Gasteiger partial charge in [0, 0.05) is 37.3 Å². The van der Waals surface area contributed by atoms with Gasteiger partial charge in [-0.25, -0.2) is 4.98 Å². The van der Waals surface area contributed by atoms with E-state index in [1.807, 2.05) is 67.7 Å². The zero-order chi connectivity index (χ0) is 26.3. The molecule has 1 aliphatic rings. The highest BCUT2D eigenvalue weighted by Crippen LogP contribution is 2.32. The fourth-order valence-electron chi connectivity index (χ4n) is 4.67. The number of carbonyl (C=O) groups is 2. The van der Waals surface area contributed by atoms with Crippen LogP contribution in [0.25, 0.3) is 0 Å². The topological polar surface area (TPSA) is 101 Å². The lowest BCUT2D eigenvalue weighted by atomic mass is 9.97. The lowest BCUT2D eigenvalue weighted by molar-refractivity contribution is -0.118. The predicted molar refractivity (Wildman–Crippen MR) is 148 cm³/mol. The Hall–Kier alpha value is -3.98. The van der Waals surface area contributed by atoms with Gasteiger partial charge in [0.05, 0.1) is 24.7 Å². The third-order valence-corrected chi connectivity index (χ3v) is 7.69. The number of nitrogens with one attached hydrogen (secondary N) is 1. The first-order valence-electron chi connectivity index (χ1n) is 12.8. The Kier molecular flexibility index (Phi) is 8.13. The molecular formula is C29H30N6O2S. The van der Waals surface area contributed by atoms with Crippen molar-refractivity contribution in [3.05, 3.63) is 93.8 Å². The summed E-state index contributed by atoms with van der Waals surface area (Å²) >= 11 is 1.55. The van der Waals surface area contributed by atoms with Crippen LogP contribution in [-0.4, -0.2) is 44.9 Å². The van der Waals surface area contributed by atoms with Gasteiger partial charge < -0.3 is 10.2 Å². The maximum Gasteiger partial charge on any atom is 0.229 e. The maximum atomic E-state index is 12.4. The second-order valence-corrected chi connectivity index (χ2v) is 10.7. The molecule has 0 atom stereocenters. The number of aromatic nitrogens is 4. The minimum absolute atomic E-state index is 0.0773. The summed E-state index contributed by atoms with van der Waals surface area (Å²) in [7, 11) is 0. The maximum absolute atomic E-state index is 12.4. The molecule has 1 fully saturated rings. The van der Waals surface area contributed by atoms with Gasteiger partial charge in [-0.05, 0) is 49.6 Å². The van der Waals surface area contributed by atoms with Gasteiger partial charge in [-0.2, -0.15) is 0 Å². The van der Waals surface area contributed by atoms with E-state index in [4.69, 9.17) is 0 Å². The van der Waals surface area contributed by atoms with Crippen molar-refractivity contribution in [2.75, 3.05) is 23.3 Å². The van der Waals surface area contributed by atoms with Crippen molar-refractivity contribution >= 4 is 34.5 Å². The van der Waals surface area contributed by atoms with Crippen molar-refractivity contribution in [3.8, 4) is 0 Å². The number of benzene rings is 1. The number of Topliss-reactive ketones (excluding diaryl/α,β-unsaturated/α-hetero) is 1. The van der Waals surface area contributed by atoms with Crippen LogP contribution in [0, 0.1) is 6.92 Å². The van der Waals surface area contributed by atoms with Crippen molar-refractivity contribution in [1.82, 2.24) is 20.2 Å². The number of rotatable bonds is 9. The van der Waals surface area contributed by atoms with E-state index in [0.717, 1.165) is 58.5 Å². The van der Waals surface area contributed by atoms with Crippen LogP contribution in [0.5, 0.6) is 0 Å². The molecule has 1 aliphatic heterocycles. The number of carbonyl (C=O) groups excluding carboxylic acids is 2. The number of piperidine rings is 1. The van der Waals surface area contributed by atoms with Crippen LogP contribution in [-0.2, 0) is 28.9 Å². The molecule has 0 saturated carbocycles. The van der Waals surface area contributed by atoms with Crippen LogP contribution in [0.3, 0.4) is 0 Å². The summed E-state index contributed by atoms with van der Waals surface area (Å²) in [5.41, 5.74) is 3.94. The van der Waals surface area contributed by atoms with E-state index < -0.39 is 0 Å². The lowest BCUT2D eigenvalue weighted by Crippen LogP contribution is -2.32. The quantitative estimate of drug-likeness (QED) is 0.341. The van der Waals surface area contributed by atoms with Gasteiger partial charge >= 0.3 is 0 Å². The first-order chi connectivity index (χ1) is 18.5. The van der Waals surface area contributed by atoms with E-state index in [9.17, 15) is 9.59 Å². The molecule has 4 aromatic rings. The van der Waals surface area contributed by atoms with Crippen molar-refractivity contribution in [2.24, 2.45) is 0 Å². The Labute approximate surface area is 226 Å². The third-order valence-electron chi connectivity index (χ3n) is 6.61. The highest BCUT2D eigenvalue weighted by Gasteiger charge is 2.24. The zero-order valence-corrected chi connectivity index (χ0v) is 22.2. The van der Waals surface area contributed by atoms with Gasteiger partial charge in [0.15, 0.2) is 0 Å². The first-order valence-corrected chi connectivity index (χ1v) is 13.6. The smallest absolute Gasteiger partial charge is 0.229 e. The number of amides is 1. The fourth-order valence-corrected chi connectivity index (χ4v) is 5.71. The third kappa shape index (κ3) is 6.86. The molecule has 4 heterocycles. The number of aryl methyl sites for hydroxylation is 1. The summed E-state index contributed by atoms with van der Waals surface area (Å²) in [4.78, 5) is 35.8. The highest BCUT2D eigenvalue weighted by molar-refractivity contribution is 7.11. The molecule has 3 aromatic heterocycles. The second kappa shape index (κ2) is 12.0. The van der Waals surface area contributed by atoms with Crippen LogP contribution in [0.4, 0.5) is 11.5 Å². The van der Waals surface area contributed by atoms with Crippen LogP contribution in [0.2, 0.25) is 0 Å². The summed E-state index contributed by atoms with van der Waals surface area (Å²) in [5.74, 6) is 0.923. The van der Waals surface area contributed by atoms with Gasteiger partial charge in [-0.15, -0.1) is 21.5 Å². The Morgan fingerprint density at radius 1 is 0.974 bits per heavy atom. The number of hydrogen-bond donors (Lipinski definition) is 1. The Bertz CT molecular complexity index is 1380. The molecule has 194 valence electrons. The lowest BCUT2D eigenvalue weighted by Gasteiger charge is -2.32. The predicted octanol–water partition coefficient (Wildman–Crippen LogP) is 4.56. The molecule has 38 heavy (non-hydrogen) atoms. The molecule has 0 spiro atoms. The first kappa shape index (κ1) is 25.7. The number of nitrogens with zero attached hydrogens (tertiary/aromatic N) is 5. The molecule has 0 aliphatic carbocycles. The van der Waals surface area contributed by atoms with Crippen LogP contribution in [0.15, 0.2) is 67.0 Å². The summed E-state index contributed by atoms with van der Waals surface area (Å²) in [6, 6.07) is 17.4. The van der Waals surface area contributed by atoms with Gasteiger partial charge in [0.1, 0.15) is 21.6 Å². The number of hydrogen-bond acceptors (Lipinski definition) is 8. The van der Waals surface area contributed by atoms with Crippen molar-refractivity contribution in [2.45, 2.75) is 44.9 Å². The molecule has 1 amide bonds. The molecule has 5 rings (SSSR count). The summed E-state index contributed by atoms with van der Waals surface area (Å²) in [6.07, 6.45) is 6.39. The van der Waals surface area contributed by atoms with E-state index in [1.165, 1.54) is 0 Å². The normalized spacial score (nSPS) is 13.9. The number of pyridine rings is 2. The number of anilines is 2. The molecular weight excluding hydrogens is 496 g/mol. The molecule has 9 heteroatoms. The van der Waals surface area contributed by atoms with Gasteiger partial charge in [-0.1, -0.05) is 35.9 Å². The summed E-state index contributed by atoms with van der Waals surface area (Å²) < 4.78 is 0. The molecule has 1 aromatic carbocycles. The molecule has 0 unspecified atom stereocenters. The largest absolute Gasteiger partial charge is 0.370 e. The van der Waals surface area contributed by atoms with E-state index in [-0.39, 0.29) is 11.7 Å². The minimum atomic E-state index is -0.0773. The summed E-state index contributed by atoms with van der Waals surface area (Å²) in [5, 5.41) is 13.4. The van der Waals surface area contributed by atoms with Gasteiger partial charge in [-0.3, -0.25) is 14.6 Å². The van der Waals surface area contributed by atoms with Crippen molar-refractivity contribution < 1.29 is 9.59 Å². The second-order valence-electron chi connectivity index (χ2n) is 9.62. The molecule has 8 nitrogen and oxygen atoms in total. The average molecular weight is 527 g/mol. The van der Waals surface area contributed by atoms with Gasteiger partial charge in [0.25, 0.3) is 0 Å². The molecule has 1 saturated heterocycles. The number of ketones is 1. The monoisotopic (exact) mass is 526 g/mol. The Morgan fingerprint density at radius 2 is 1.84 bits per heavy atom. The molecule has 0 radical (unpaired) electrons. The fraction of sp³-hybridized carbons (Fsp3) is 0.310. The van der Waals surface area contributed by atoms with Crippen molar-refractivity contribution in [3.63, 3.8) is 0 Å².